The van der Waals surface area contributed by atoms with Crippen LogP contribution in [0, 0.1) is 6.92 Å². The minimum absolute atomic E-state index is 0.0934. The maximum Gasteiger partial charge on any atom is 0.406 e. The smallest absolute Gasteiger partial charge is 0.360 e. The van der Waals surface area contributed by atoms with Crippen LogP contribution in [-0.4, -0.2) is 32.5 Å². The van der Waals surface area contributed by atoms with E-state index in [1.165, 1.54) is 6.20 Å². The van der Waals surface area contributed by atoms with Crippen LogP contribution in [-0.2, 0) is 11.3 Å². The van der Waals surface area contributed by atoms with Crippen LogP contribution in [0.25, 0.3) is 11.3 Å². The molecule has 0 fully saturated rings. The van der Waals surface area contributed by atoms with Crippen molar-refractivity contribution < 1.29 is 22.5 Å². The molecule has 0 saturated carbocycles. The Labute approximate surface area is 163 Å². The molecule has 0 saturated heterocycles. The van der Waals surface area contributed by atoms with Crippen molar-refractivity contribution in [3.63, 3.8) is 0 Å². The molecule has 0 aliphatic heterocycles. The molecule has 3 rings (SSSR count). The fraction of sp³-hybridized carbons (Fsp3) is 0.278. The molecule has 2 heterocycles. The number of rotatable bonds is 7. The Morgan fingerprint density at radius 1 is 1.29 bits per heavy atom. The molecule has 0 aliphatic rings. The van der Waals surface area contributed by atoms with Crippen molar-refractivity contribution in [1.82, 2.24) is 14.7 Å². The Bertz CT molecular complexity index is 938. The average Bonchev–Trinajstić information content (AvgIpc) is 3.21. The topological polar surface area (TPSA) is 73.0 Å². The quantitative estimate of drug-likeness (QED) is 0.580. The van der Waals surface area contributed by atoms with Crippen molar-refractivity contribution in [3.8, 4) is 11.3 Å². The second-order valence-electron chi connectivity index (χ2n) is 5.96. The number of aromatic nitrogens is 3. The van der Waals surface area contributed by atoms with Gasteiger partial charge in [-0.1, -0.05) is 47.3 Å². The fourth-order valence-corrected chi connectivity index (χ4v) is 3.43. The molecule has 2 aromatic heterocycles. The summed E-state index contributed by atoms with van der Waals surface area (Å²) in [4.78, 5) is 16.1. The van der Waals surface area contributed by atoms with Gasteiger partial charge in [-0.15, -0.1) is 0 Å². The van der Waals surface area contributed by atoms with Gasteiger partial charge in [0.25, 0.3) is 0 Å². The predicted molar refractivity (Wildman–Crippen MR) is 98.9 cm³/mol. The first kappa shape index (κ1) is 20.0. The number of hydrogen-bond acceptors (Lipinski definition) is 5. The van der Waals surface area contributed by atoms with Crippen LogP contribution >= 0.6 is 11.8 Å². The van der Waals surface area contributed by atoms with Crippen molar-refractivity contribution in [2.75, 3.05) is 11.1 Å². The summed E-state index contributed by atoms with van der Waals surface area (Å²) in [6.45, 7) is 0.549. The standard InChI is InChI=1S/C18H17F3N4O2S/c1-12-9-15(24-27-12)23-16(26)7-8-28-17-22-10-14(13-5-3-2-4-6-13)25(17)11-18(19,20)21/h2-6,9-10H,7-8,11H2,1H3,(H,23,24,26). The molecule has 0 spiro atoms. The number of carbonyl (C=O) groups excluding carboxylic acids is 1. The summed E-state index contributed by atoms with van der Waals surface area (Å²) < 4.78 is 45.1. The zero-order valence-corrected chi connectivity index (χ0v) is 15.7. The van der Waals surface area contributed by atoms with E-state index >= 15 is 0 Å². The van der Waals surface area contributed by atoms with Gasteiger partial charge < -0.3 is 14.4 Å². The Hall–Kier alpha value is -2.75. The minimum atomic E-state index is -4.39. The molecule has 0 radical (unpaired) electrons. The molecule has 148 valence electrons. The van der Waals surface area contributed by atoms with E-state index in [-0.39, 0.29) is 23.2 Å². The third kappa shape index (κ3) is 5.38. The number of halogens is 3. The van der Waals surface area contributed by atoms with Crippen LogP contribution in [0.15, 0.2) is 52.3 Å². The lowest BCUT2D eigenvalue weighted by molar-refractivity contribution is -0.141. The average molecular weight is 410 g/mol. The fourth-order valence-electron chi connectivity index (χ4n) is 2.51. The molecule has 10 heteroatoms. The summed E-state index contributed by atoms with van der Waals surface area (Å²) in [5.74, 6) is 0.828. The van der Waals surface area contributed by atoms with Gasteiger partial charge in [0.15, 0.2) is 11.0 Å². The Balaban J connectivity index is 1.67. The number of benzene rings is 1. The first-order valence-electron chi connectivity index (χ1n) is 8.35. The van der Waals surface area contributed by atoms with Gasteiger partial charge in [-0.05, 0) is 12.5 Å². The van der Waals surface area contributed by atoms with Crippen molar-refractivity contribution in [2.45, 2.75) is 31.2 Å². The molecule has 6 nitrogen and oxygen atoms in total. The van der Waals surface area contributed by atoms with Crippen LogP contribution in [0.4, 0.5) is 19.0 Å². The van der Waals surface area contributed by atoms with Crippen molar-refractivity contribution >= 4 is 23.5 Å². The highest BCUT2D eigenvalue weighted by Crippen LogP contribution is 2.30. The number of anilines is 1. The molecule has 3 aromatic rings. The number of aryl methyl sites for hydroxylation is 1. The van der Waals surface area contributed by atoms with Gasteiger partial charge in [0, 0.05) is 18.2 Å². The Morgan fingerprint density at radius 3 is 2.68 bits per heavy atom. The van der Waals surface area contributed by atoms with E-state index in [1.807, 2.05) is 0 Å². The second-order valence-corrected chi connectivity index (χ2v) is 7.02. The highest BCUT2D eigenvalue weighted by atomic mass is 32.2. The van der Waals surface area contributed by atoms with Crippen LogP contribution < -0.4 is 5.32 Å². The molecule has 1 aromatic carbocycles. The highest BCUT2D eigenvalue weighted by molar-refractivity contribution is 7.99. The van der Waals surface area contributed by atoms with E-state index in [9.17, 15) is 18.0 Å². The Morgan fingerprint density at radius 2 is 2.04 bits per heavy atom. The Kier molecular flexibility index (Phi) is 6.08. The number of alkyl halides is 3. The first-order chi connectivity index (χ1) is 13.3. The number of nitrogens with zero attached hydrogens (tertiary/aromatic N) is 3. The van der Waals surface area contributed by atoms with Gasteiger partial charge in [-0.3, -0.25) is 4.79 Å². The molecule has 0 unspecified atom stereocenters. The van der Waals surface area contributed by atoms with Crippen LogP contribution in [0.5, 0.6) is 0 Å². The van der Waals surface area contributed by atoms with E-state index in [4.69, 9.17) is 4.52 Å². The third-order valence-electron chi connectivity index (χ3n) is 3.68. The number of thioether (sulfide) groups is 1. The van der Waals surface area contributed by atoms with E-state index in [2.05, 4.69) is 15.5 Å². The number of hydrogen-bond donors (Lipinski definition) is 1. The minimum Gasteiger partial charge on any atom is -0.360 e. The van der Waals surface area contributed by atoms with Crippen LogP contribution in [0.2, 0.25) is 0 Å². The number of amides is 1. The molecular weight excluding hydrogens is 393 g/mol. The lowest BCUT2D eigenvalue weighted by Crippen LogP contribution is -2.19. The van der Waals surface area contributed by atoms with Gasteiger partial charge >= 0.3 is 6.18 Å². The largest absolute Gasteiger partial charge is 0.406 e. The zero-order valence-electron chi connectivity index (χ0n) is 14.9. The lowest BCUT2D eigenvalue weighted by Gasteiger charge is -2.14. The highest BCUT2D eigenvalue weighted by Gasteiger charge is 2.30. The van der Waals surface area contributed by atoms with Gasteiger partial charge in [0.2, 0.25) is 5.91 Å². The number of carbonyl (C=O) groups is 1. The van der Waals surface area contributed by atoms with E-state index < -0.39 is 12.7 Å². The zero-order chi connectivity index (χ0) is 20.1. The molecule has 0 bridgehead atoms. The number of imidazole rings is 1. The predicted octanol–water partition coefficient (Wildman–Crippen LogP) is 4.53. The van der Waals surface area contributed by atoms with E-state index in [0.29, 0.717) is 22.8 Å². The van der Waals surface area contributed by atoms with Crippen molar-refractivity contribution in [1.29, 1.82) is 0 Å². The van der Waals surface area contributed by atoms with Gasteiger partial charge in [-0.25, -0.2) is 4.98 Å². The molecule has 0 atom stereocenters. The van der Waals surface area contributed by atoms with Gasteiger partial charge in [-0.2, -0.15) is 13.2 Å². The molecule has 1 N–H and O–H groups in total. The normalized spacial score (nSPS) is 11.6. The number of nitrogens with one attached hydrogen (secondary N) is 1. The van der Waals surface area contributed by atoms with Crippen molar-refractivity contribution in [2.24, 2.45) is 0 Å². The monoisotopic (exact) mass is 410 g/mol. The lowest BCUT2D eigenvalue weighted by atomic mass is 10.2. The first-order valence-corrected chi connectivity index (χ1v) is 9.34. The summed E-state index contributed by atoms with van der Waals surface area (Å²) in [5.41, 5.74) is 1.02. The van der Waals surface area contributed by atoms with Crippen LogP contribution in [0.1, 0.15) is 12.2 Å². The third-order valence-corrected chi connectivity index (χ3v) is 4.67. The maximum absolute atomic E-state index is 13.1. The summed E-state index contributed by atoms with van der Waals surface area (Å²) >= 11 is 1.09. The van der Waals surface area contributed by atoms with Crippen molar-refractivity contribution in [3.05, 3.63) is 48.4 Å². The van der Waals surface area contributed by atoms with Crippen LogP contribution in [0.3, 0.4) is 0 Å². The molecule has 0 aliphatic carbocycles. The molecule has 28 heavy (non-hydrogen) atoms. The summed E-state index contributed by atoms with van der Waals surface area (Å²) in [6.07, 6.45) is -2.88. The maximum atomic E-state index is 13.1. The molecule has 1 amide bonds. The summed E-state index contributed by atoms with van der Waals surface area (Å²) in [7, 11) is 0. The SMILES string of the molecule is Cc1cc(NC(=O)CCSc2ncc(-c3ccccc3)n2CC(F)(F)F)no1. The van der Waals surface area contributed by atoms with Gasteiger partial charge in [0.1, 0.15) is 12.3 Å². The summed E-state index contributed by atoms with van der Waals surface area (Å²) in [5, 5.41) is 6.44. The van der Waals surface area contributed by atoms with E-state index in [0.717, 1.165) is 16.3 Å². The van der Waals surface area contributed by atoms with E-state index in [1.54, 1.807) is 43.3 Å². The summed E-state index contributed by atoms with van der Waals surface area (Å²) in [6, 6.07) is 10.3. The molecular formula is C18H17F3N4O2S. The van der Waals surface area contributed by atoms with Gasteiger partial charge in [0.05, 0.1) is 11.9 Å². The second kappa shape index (κ2) is 8.51.